The van der Waals surface area contributed by atoms with Crippen molar-refractivity contribution in [3.63, 3.8) is 0 Å². The molecule has 0 amide bonds. The van der Waals surface area contributed by atoms with Crippen molar-refractivity contribution in [3.8, 4) is 0 Å². The van der Waals surface area contributed by atoms with Crippen LogP contribution in [-0.2, 0) is 0 Å². The van der Waals surface area contributed by atoms with E-state index < -0.39 is 13.2 Å². The monoisotopic (exact) mass is 192 g/mol. The third-order valence-electron chi connectivity index (χ3n) is 1.53. The minimum Gasteiger partial charge on any atom is -1.00 e. The number of halogens is 1. The van der Waals surface area contributed by atoms with E-state index in [1.54, 1.807) is 0 Å². The fourth-order valence-corrected chi connectivity index (χ4v) is 3.73. The van der Waals surface area contributed by atoms with Gasteiger partial charge < -0.3 is 8.33 Å². The molecule has 0 spiro atoms. The van der Waals surface area contributed by atoms with Gasteiger partial charge in [-0.3, -0.25) is 10.0 Å². The van der Waals surface area contributed by atoms with Gasteiger partial charge in [-0.05, 0) is 0 Å². The maximum Gasteiger partial charge on any atom is 2.00 e. The molecule has 0 aliphatic carbocycles. The Balaban J connectivity index is -0.0000000612. The van der Waals surface area contributed by atoms with Gasteiger partial charge in [0.1, 0.15) is 0 Å². The van der Waals surface area contributed by atoms with Gasteiger partial charge in [-0.25, -0.2) is 0 Å². The maximum atomic E-state index is 5.96. The minimum atomic E-state index is -0.622. The van der Waals surface area contributed by atoms with E-state index in [2.05, 4.69) is 0 Å². The average Bonchev–Trinajstić information content (AvgIpc) is 1.69. The topological polar surface area (TPSA) is 31.5 Å². The Morgan fingerprint density at radius 3 is 1.78 bits per heavy atom. The molecule has 0 unspecified atom stereocenters. The van der Waals surface area contributed by atoms with Crippen LogP contribution in [0.5, 0.6) is 0 Å². The molecular formula is C5H14AlCaClO. The summed E-state index contributed by atoms with van der Waals surface area (Å²) in [5.74, 6) is 0. The quantitative estimate of drug-likeness (QED) is 0.520. The molecule has 2 N–H and O–H groups in total. The van der Waals surface area contributed by atoms with Gasteiger partial charge >= 0.3 is 51.0 Å². The zero-order valence-corrected chi connectivity index (χ0v) is 9.82. The van der Waals surface area contributed by atoms with Crippen molar-refractivity contribution in [2.24, 2.45) is 0 Å². The van der Waals surface area contributed by atoms with E-state index in [-0.39, 0.29) is 46.1 Å². The second kappa shape index (κ2) is 8.14. The summed E-state index contributed by atoms with van der Waals surface area (Å²) >= 11 is -0.622. The summed E-state index contributed by atoms with van der Waals surface area (Å²) in [6, 6.07) is 0. The first kappa shape index (κ1) is 13.6. The normalized spacial score (nSPS) is 17.7. The van der Waals surface area contributed by atoms with Crippen LogP contribution in [0.4, 0.5) is 0 Å². The molecule has 1 saturated heterocycles. The van der Waals surface area contributed by atoms with Gasteiger partial charge in [0.15, 0.2) is 0 Å². The number of hydrogen-bond donors (Lipinski definition) is 0. The molecule has 1 aliphatic rings. The van der Waals surface area contributed by atoms with Gasteiger partial charge in [0, 0.05) is 0 Å². The fraction of sp³-hybridized carbons (Fsp3) is 1.00. The predicted octanol–water partition coefficient (Wildman–Crippen LogP) is 1.42. The second-order valence-corrected chi connectivity index (χ2v) is 6.44. The van der Waals surface area contributed by atoms with Crippen LogP contribution in [0.25, 0.3) is 0 Å². The third kappa shape index (κ3) is 6.44. The maximum absolute atomic E-state index is 5.96. The molecular weight excluding hydrogens is 179 g/mol. The Morgan fingerprint density at radius 2 is 1.56 bits per heavy atom. The first-order chi connectivity index (χ1) is 3.39. The Kier molecular flexibility index (Phi) is 12.3. The van der Waals surface area contributed by atoms with Gasteiger partial charge in [0.05, 0.1) is 0 Å². The molecule has 0 saturated carbocycles. The SMILES string of the molecule is O.[Ca+2].[Cl][Al]1[CH2]CCC[CH2]1.[H-].[H-]. The predicted molar refractivity (Wildman–Crippen MR) is 46.7 cm³/mol. The summed E-state index contributed by atoms with van der Waals surface area (Å²) in [4.78, 5) is 0. The average molecular weight is 193 g/mol. The van der Waals surface area contributed by atoms with Gasteiger partial charge in [-0.15, -0.1) is 0 Å². The van der Waals surface area contributed by atoms with Crippen LogP contribution in [0.1, 0.15) is 22.1 Å². The number of hydrogen-bond acceptors (Lipinski definition) is 0. The van der Waals surface area contributed by atoms with Crippen LogP contribution in [0.15, 0.2) is 0 Å². The van der Waals surface area contributed by atoms with Crippen molar-refractivity contribution >= 4 is 61.0 Å². The molecule has 0 atom stereocenters. The van der Waals surface area contributed by atoms with E-state index in [9.17, 15) is 0 Å². The van der Waals surface area contributed by atoms with Crippen LogP contribution in [0.2, 0.25) is 10.6 Å². The molecule has 1 heterocycles. The fourth-order valence-electron chi connectivity index (χ4n) is 1.05. The molecule has 1 fully saturated rings. The van der Waals surface area contributed by atoms with E-state index in [0.717, 1.165) is 0 Å². The van der Waals surface area contributed by atoms with Gasteiger partial charge in [-0.1, -0.05) is 29.8 Å². The molecule has 1 nitrogen and oxygen atoms in total. The third-order valence-corrected chi connectivity index (χ3v) is 4.91. The van der Waals surface area contributed by atoms with E-state index in [1.807, 2.05) is 0 Å². The molecule has 0 aromatic heterocycles. The van der Waals surface area contributed by atoms with Crippen molar-refractivity contribution < 1.29 is 8.33 Å². The first-order valence-electron chi connectivity index (χ1n) is 3.03. The van der Waals surface area contributed by atoms with Crippen molar-refractivity contribution in [1.82, 2.24) is 0 Å². The van der Waals surface area contributed by atoms with Gasteiger partial charge in [0.2, 0.25) is 0 Å². The molecule has 4 heteroatoms. The van der Waals surface area contributed by atoms with Crippen molar-refractivity contribution in [1.29, 1.82) is 0 Å². The molecule has 1 rings (SSSR count). The van der Waals surface area contributed by atoms with Crippen LogP contribution in [-0.4, -0.2) is 56.4 Å². The second-order valence-electron chi connectivity index (χ2n) is 2.24. The Labute approximate surface area is 98.0 Å². The molecule has 0 radical (unpaired) electrons. The largest absolute Gasteiger partial charge is 2.00 e. The minimum absolute atomic E-state index is 0. The van der Waals surface area contributed by atoms with Crippen LogP contribution in [0, 0.1) is 0 Å². The van der Waals surface area contributed by atoms with Crippen molar-refractivity contribution in [2.45, 2.75) is 29.8 Å². The molecule has 52 valence electrons. The molecule has 0 aromatic carbocycles. The van der Waals surface area contributed by atoms with Gasteiger partial charge in [-0.2, -0.15) is 0 Å². The Morgan fingerprint density at radius 1 is 1.11 bits per heavy atom. The van der Waals surface area contributed by atoms with Crippen LogP contribution < -0.4 is 0 Å². The zero-order valence-electron chi connectivity index (χ0n) is 7.70. The van der Waals surface area contributed by atoms with E-state index >= 15 is 0 Å². The Hall–Kier alpha value is 2.04. The summed E-state index contributed by atoms with van der Waals surface area (Å²) in [5, 5.41) is 2.78. The van der Waals surface area contributed by atoms with Crippen LogP contribution >= 0.6 is 10.0 Å². The van der Waals surface area contributed by atoms with E-state index in [4.69, 9.17) is 10.0 Å². The molecule has 0 aromatic rings. The Bertz CT molecular complexity index is 66.4. The van der Waals surface area contributed by atoms with Gasteiger partial charge in [0.25, 0.3) is 0 Å². The summed E-state index contributed by atoms with van der Waals surface area (Å²) in [6.07, 6.45) is 4.27. The summed E-state index contributed by atoms with van der Waals surface area (Å²) in [5.41, 5.74) is 0. The summed E-state index contributed by atoms with van der Waals surface area (Å²) < 4.78 is 0. The smallest absolute Gasteiger partial charge is 1.00 e. The molecule has 0 bridgehead atoms. The zero-order chi connectivity index (χ0) is 5.11. The summed E-state index contributed by atoms with van der Waals surface area (Å²) in [6.45, 7) is 0. The van der Waals surface area contributed by atoms with E-state index in [0.29, 0.717) is 0 Å². The first-order valence-corrected chi connectivity index (χ1v) is 6.41. The van der Waals surface area contributed by atoms with Crippen molar-refractivity contribution in [3.05, 3.63) is 0 Å². The van der Waals surface area contributed by atoms with Crippen LogP contribution in [0.3, 0.4) is 0 Å². The van der Waals surface area contributed by atoms with Crippen molar-refractivity contribution in [2.75, 3.05) is 0 Å². The van der Waals surface area contributed by atoms with E-state index in [1.165, 1.54) is 29.8 Å². The molecule has 9 heavy (non-hydrogen) atoms. The number of rotatable bonds is 0. The molecule has 1 aliphatic heterocycles. The summed E-state index contributed by atoms with van der Waals surface area (Å²) in [7, 11) is 5.96. The standard InChI is InChI=1S/C5H10.Al.Ca.ClH.H2O.2H/c1-3-5-4-2;;;;;;/h1-5H2;;;1H;1H2;;/q;+1;+2;;;2*-1/p-1.